The SMILES string of the molecule is COc1cccc(CN(C(=O)CCc2ccc3c(c2)OCCO3)C(C)C(=O)NC(C)C)c1. The van der Waals surface area contributed by atoms with E-state index in [0.29, 0.717) is 37.7 Å². The van der Waals surface area contributed by atoms with Crippen LogP contribution in [0.4, 0.5) is 0 Å². The van der Waals surface area contributed by atoms with Gasteiger partial charge in [0.1, 0.15) is 25.0 Å². The molecule has 0 fully saturated rings. The summed E-state index contributed by atoms with van der Waals surface area (Å²) < 4.78 is 16.5. The lowest BCUT2D eigenvalue weighted by Gasteiger charge is -2.29. The van der Waals surface area contributed by atoms with Crippen LogP contribution in [-0.4, -0.2) is 49.1 Å². The van der Waals surface area contributed by atoms with E-state index in [9.17, 15) is 9.59 Å². The van der Waals surface area contributed by atoms with Gasteiger partial charge >= 0.3 is 0 Å². The van der Waals surface area contributed by atoms with Gasteiger partial charge in [0.2, 0.25) is 11.8 Å². The minimum absolute atomic E-state index is 0.00330. The maximum Gasteiger partial charge on any atom is 0.242 e. The first kappa shape index (κ1) is 23.4. The minimum atomic E-state index is -0.601. The molecule has 2 aromatic carbocycles. The summed E-state index contributed by atoms with van der Waals surface area (Å²) in [6.45, 7) is 6.96. The van der Waals surface area contributed by atoms with E-state index >= 15 is 0 Å². The number of amides is 2. The van der Waals surface area contributed by atoms with Crippen LogP contribution in [-0.2, 0) is 22.6 Å². The molecule has 2 amide bonds. The molecule has 0 bridgehead atoms. The van der Waals surface area contributed by atoms with Crippen LogP contribution in [0, 0.1) is 0 Å². The van der Waals surface area contributed by atoms with Gasteiger partial charge in [-0.15, -0.1) is 0 Å². The lowest BCUT2D eigenvalue weighted by atomic mass is 10.1. The Morgan fingerprint density at radius 1 is 1.03 bits per heavy atom. The van der Waals surface area contributed by atoms with Crippen molar-refractivity contribution in [1.29, 1.82) is 0 Å². The predicted octanol–water partition coefficient (Wildman–Crippen LogP) is 3.34. The van der Waals surface area contributed by atoms with Gasteiger partial charge in [-0.2, -0.15) is 0 Å². The van der Waals surface area contributed by atoms with Crippen LogP contribution < -0.4 is 19.5 Å². The lowest BCUT2D eigenvalue weighted by Crippen LogP contribution is -2.49. The van der Waals surface area contributed by atoms with Crippen molar-refractivity contribution in [1.82, 2.24) is 10.2 Å². The summed E-state index contributed by atoms with van der Waals surface area (Å²) >= 11 is 0. The summed E-state index contributed by atoms with van der Waals surface area (Å²) in [7, 11) is 1.61. The second-order valence-corrected chi connectivity index (χ2v) is 8.19. The Morgan fingerprint density at radius 2 is 1.78 bits per heavy atom. The molecular weight excluding hydrogens is 408 g/mol. The van der Waals surface area contributed by atoms with Crippen LogP contribution in [0.15, 0.2) is 42.5 Å². The molecular formula is C25H32N2O5. The molecule has 1 atom stereocenters. The summed E-state index contributed by atoms with van der Waals surface area (Å²) in [4.78, 5) is 27.6. The molecule has 0 radical (unpaired) electrons. The van der Waals surface area contributed by atoms with Gasteiger partial charge in [0.05, 0.1) is 7.11 Å². The fraction of sp³-hybridized carbons (Fsp3) is 0.440. The number of hydrogen-bond acceptors (Lipinski definition) is 5. The van der Waals surface area contributed by atoms with E-state index in [1.807, 2.05) is 56.3 Å². The van der Waals surface area contributed by atoms with Gasteiger partial charge in [0.25, 0.3) is 0 Å². The standard InChI is InChI=1S/C25H32N2O5/c1-17(2)26-25(29)18(3)27(16-20-6-5-7-21(14-20)30-4)24(28)11-9-19-8-10-22-23(15-19)32-13-12-31-22/h5-8,10,14-15,17-18H,9,11-13,16H2,1-4H3,(H,26,29). The van der Waals surface area contributed by atoms with Crippen LogP contribution in [0.25, 0.3) is 0 Å². The molecule has 0 aliphatic carbocycles. The highest BCUT2D eigenvalue weighted by Crippen LogP contribution is 2.31. The first-order valence-electron chi connectivity index (χ1n) is 11.0. The normalized spacial score (nSPS) is 13.4. The molecule has 3 rings (SSSR count). The molecule has 1 unspecified atom stereocenters. The van der Waals surface area contributed by atoms with Gasteiger partial charge in [-0.1, -0.05) is 18.2 Å². The van der Waals surface area contributed by atoms with Crippen LogP contribution >= 0.6 is 0 Å². The highest BCUT2D eigenvalue weighted by atomic mass is 16.6. The van der Waals surface area contributed by atoms with E-state index in [0.717, 1.165) is 16.9 Å². The number of nitrogens with one attached hydrogen (secondary N) is 1. The van der Waals surface area contributed by atoms with Crippen LogP contribution in [0.2, 0.25) is 0 Å². The fourth-order valence-corrected chi connectivity index (χ4v) is 3.59. The summed E-state index contributed by atoms with van der Waals surface area (Å²) in [5, 5.41) is 2.91. The smallest absolute Gasteiger partial charge is 0.242 e. The molecule has 1 N–H and O–H groups in total. The van der Waals surface area contributed by atoms with Gasteiger partial charge in [-0.05, 0) is 62.6 Å². The predicted molar refractivity (Wildman–Crippen MR) is 122 cm³/mol. The maximum atomic E-state index is 13.3. The molecule has 0 saturated carbocycles. The van der Waals surface area contributed by atoms with Gasteiger partial charge < -0.3 is 24.4 Å². The highest BCUT2D eigenvalue weighted by molar-refractivity contribution is 5.87. The molecule has 0 aromatic heterocycles. The summed E-state index contributed by atoms with van der Waals surface area (Å²) in [5.41, 5.74) is 1.89. The zero-order valence-corrected chi connectivity index (χ0v) is 19.2. The second-order valence-electron chi connectivity index (χ2n) is 8.19. The van der Waals surface area contributed by atoms with Crippen molar-refractivity contribution in [3.05, 3.63) is 53.6 Å². The van der Waals surface area contributed by atoms with Crippen LogP contribution in [0.5, 0.6) is 17.2 Å². The molecule has 7 nitrogen and oxygen atoms in total. The van der Waals surface area contributed by atoms with E-state index in [-0.39, 0.29) is 24.3 Å². The van der Waals surface area contributed by atoms with E-state index in [1.54, 1.807) is 18.9 Å². The number of methoxy groups -OCH3 is 1. The molecule has 2 aromatic rings. The van der Waals surface area contributed by atoms with Gasteiger partial charge in [-0.25, -0.2) is 0 Å². The average Bonchev–Trinajstić information content (AvgIpc) is 2.80. The highest BCUT2D eigenvalue weighted by Gasteiger charge is 2.26. The fourth-order valence-electron chi connectivity index (χ4n) is 3.59. The first-order chi connectivity index (χ1) is 15.4. The number of carbonyl (C=O) groups excluding carboxylic acids is 2. The lowest BCUT2D eigenvalue weighted by molar-refractivity contribution is -0.140. The summed E-state index contributed by atoms with van der Waals surface area (Å²) in [5.74, 6) is 1.89. The largest absolute Gasteiger partial charge is 0.497 e. The van der Waals surface area contributed by atoms with Crippen molar-refractivity contribution in [3.63, 3.8) is 0 Å². The zero-order chi connectivity index (χ0) is 23.1. The molecule has 7 heteroatoms. The number of fused-ring (bicyclic) bond motifs is 1. The average molecular weight is 441 g/mol. The quantitative estimate of drug-likeness (QED) is 0.647. The summed E-state index contributed by atoms with van der Waals surface area (Å²) in [6.07, 6.45) is 0.825. The first-order valence-corrected chi connectivity index (χ1v) is 11.0. The number of carbonyl (C=O) groups is 2. The van der Waals surface area contributed by atoms with E-state index in [4.69, 9.17) is 14.2 Å². The van der Waals surface area contributed by atoms with Crippen molar-refractivity contribution >= 4 is 11.8 Å². The molecule has 0 saturated heterocycles. The Morgan fingerprint density at radius 3 is 2.50 bits per heavy atom. The molecule has 32 heavy (non-hydrogen) atoms. The molecule has 1 aliphatic rings. The third kappa shape index (κ3) is 6.15. The molecule has 172 valence electrons. The van der Waals surface area contributed by atoms with Crippen LogP contribution in [0.1, 0.15) is 38.3 Å². The third-order valence-electron chi connectivity index (χ3n) is 5.32. The Labute approximate surface area is 189 Å². The number of ether oxygens (including phenoxy) is 3. The van der Waals surface area contributed by atoms with Gasteiger partial charge in [0.15, 0.2) is 11.5 Å². The number of nitrogens with zero attached hydrogens (tertiary/aromatic N) is 1. The number of benzene rings is 2. The monoisotopic (exact) mass is 440 g/mol. The Kier molecular flexibility index (Phi) is 7.98. The van der Waals surface area contributed by atoms with E-state index in [2.05, 4.69) is 5.32 Å². The summed E-state index contributed by atoms with van der Waals surface area (Å²) in [6, 6.07) is 12.7. The Bertz CT molecular complexity index is 944. The Hall–Kier alpha value is -3.22. The van der Waals surface area contributed by atoms with Gasteiger partial charge in [-0.3, -0.25) is 9.59 Å². The van der Waals surface area contributed by atoms with Crippen molar-refractivity contribution in [2.45, 2.75) is 52.2 Å². The van der Waals surface area contributed by atoms with Crippen LogP contribution in [0.3, 0.4) is 0 Å². The zero-order valence-electron chi connectivity index (χ0n) is 19.2. The van der Waals surface area contributed by atoms with Gasteiger partial charge in [0, 0.05) is 19.0 Å². The van der Waals surface area contributed by atoms with E-state index in [1.165, 1.54) is 0 Å². The van der Waals surface area contributed by atoms with Crippen molar-refractivity contribution in [2.75, 3.05) is 20.3 Å². The molecule has 1 heterocycles. The third-order valence-corrected chi connectivity index (χ3v) is 5.32. The van der Waals surface area contributed by atoms with Crippen molar-refractivity contribution < 1.29 is 23.8 Å². The second kappa shape index (κ2) is 10.9. The molecule has 1 aliphatic heterocycles. The molecule has 0 spiro atoms. The van der Waals surface area contributed by atoms with Crippen molar-refractivity contribution in [2.24, 2.45) is 0 Å². The Balaban J connectivity index is 1.73. The minimum Gasteiger partial charge on any atom is -0.497 e. The van der Waals surface area contributed by atoms with E-state index < -0.39 is 6.04 Å². The van der Waals surface area contributed by atoms with Crippen molar-refractivity contribution in [3.8, 4) is 17.2 Å². The topological polar surface area (TPSA) is 77.1 Å². The number of hydrogen-bond donors (Lipinski definition) is 1. The number of rotatable bonds is 9. The number of aryl methyl sites for hydroxylation is 1. The maximum absolute atomic E-state index is 13.3.